The monoisotopic (exact) mass is 573 g/mol. The van der Waals surface area contributed by atoms with Crippen molar-refractivity contribution in [3.05, 3.63) is 92.7 Å². The maximum absolute atomic E-state index is 16.3. The standard InChI is InChI=1S/C29H30Cl2FN3O4/c1-3-28(38,17-6-10-22(36)11-7-17)19-12-23-26(24(32)13-19)29(39-2,18-4-8-20(30)9-5-18)35(27(23)37)16-25-33-14-21(31)15-34-25/h4-5,8-9,12-15,17,22,36,38H,3,6-7,10-11,16H2,1-2H3/t17?,22?,28?,29-/m1/s1. The van der Waals surface area contributed by atoms with Gasteiger partial charge in [-0.1, -0.05) is 42.3 Å². The summed E-state index contributed by atoms with van der Waals surface area (Å²) in [6.07, 6.45) is 5.12. The van der Waals surface area contributed by atoms with Crippen LogP contribution in [0.3, 0.4) is 0 Å². The molecule has 1 fully saturated rings. The van der Waals surface area contributed by atoms with Crippen molar-refractivity contribution in [2.45, 2.75) is 63.0 Å². The van der Waals surface area contributed by atoms with Gasteiger partial charge in [-0.15, -0.1) is 0 Å². The number of hydrogen-bond donors (Lipinski definition) is 2. The lowest BCUT2D eigenvalue weighted by Crippen LogP contribution is -2.46. The third-order valence-electron chi connectivity index (χ3n) is 8.20. The number of aromatic nitrogens is 2. The normalized spacial score (nSPS) is 24.5. The number of methoxy groups -OCH3 is 1. The quantitative estimate of drug-likeness (QED) is 0.383. The number of aliphatic hydroxyl groups is 2. The van der Waals surface area contributed by atoms with Gasteiger partial charge in [0.05, 0.1) is 34.4 Å². The van der Waals surface area contributed by atoms with Gasteiger partial charge in [-0.25, -0.2) is 14.4 Å². The molecule has 7 nitrogen and oxygen atoms in total. The summed E-state index contributed by atoms with van der Waals surface area (Å²) in [6.45, 7) is 1.75. The number of benzene rings is 2. The fraction of sp³-hybridized carbons (Fsp3) is 0.414. The first-order valence-corrected chi connectivity index (χ1v) is 13.7. The molecule has 5 rings (SSSR count). The van der Waals surface area contributed by atoms with Crippen LogP contribution in [0.2, 0.25) is 10.0 Å². The van der Waals surface area contributed by atoms with Crippen LogP contribution < -0.4 is 0 Å². The van der Waals surface area contributed by atoms with Gasteiger partial charge in [0, 0.05) is 30.1 Å². The molecule has 39 heavy (non-hydrogen) atoms. The predicted octanol–water partition coefficient (Wildman–Crippen LogP) is 5.57. The SMILES string of the molecule is CCC(O)(c1cc(F)c2c(c1)C(=O)N(Cc1ncc(Cl)cn1)[C@@]2(OC)c1ccc(Cl)cc1)C1CCC(O)CC1. The second-order valence-corrected chi connectivity index (χ2v) is 11.1. The average Bonchev–Trinajstić information content (AvgIpc) is 3.18. The summed E-state index contributed by atoms with van der Waals surface area (Å²) in [5.41, 5.74) is -2.03. The van der Waals surface area contributed by atoms with Gasteiger partial charge in [-0.2, -0.15) is 0 Å². The number of nitrogens with zero attached hydrogens (tertiary/aromatic N) is 3. The molecule has 1 saturated carbocycles. The van der Waals surface area contributed by atoms with Crippen molar-refractivity contribution in [2.24, 2.45) is 5.92 Å². The Morgan fingerprint density at radius 1 is 1.10 bits per heavy atom. The van der Waals surface area contributed by atoms with Gasteiger partial charge >= 0.3 is 0 Å². The summed E-state index contributed by atoms with van der Waals surface area (Å²) in [7, 11) is 1.41. The fourth-order valence-corrected chi connectivity index (χ4v) is 6.35. The van der Waals surface area contributed by atoms with Crippen molar-refractivity contribution in [2.75, 3.05) is 7.11 Å². The molecular formula is C29H30Cl2FN3O4. The maximum Gasteiger partial charge on any atom is 0.257 e. The third-order valence-corrected chi connectivity index (χ3v) is 8.65. The molecule has 2 atom stereocenters. The van der Waals surface area contributed by atoms with Gasteiger partial charge in [0.2, 0.25) is 0 Å². The topological polar surface area (TPSA) is 95.8 Å². The Morgan fingerprint density at radius 3 is 2.33 bits per heavy atom. The van der Waals surface area contributed by atoms with Crippen molar-refractivity contribution in [3.8, 4) is 0 Å². The van der Waals surface area contributed by atoms with Crippen LogP contribution >= 0.6 is 23.2 Å². The van der Waals surface area contributed by atoms with Crippen molar-refractivity contribution >= 4 is 29.1 Å². The Labute approximate surface area is 236 Å². The molecule has 0 bridgehead atoms. The van der Waals surface area contributed by atoms with Crippen molar-refractivity contribution in [1.29, 1.82) is 0 Å². The first kappa shape index (κ1) is 27.9. The molecule has 10 heteroatoms. The largest absolute Gasteiger partial charge is 0.393 e. The zero-order chi connectivity index (χ0) is 27.9. The van der Waals surface area contributed by atoms with Crippen LogP contribution in [0.1, 0.15) is 71.9 Å². The molecule has 2 heterocycles. The van der Waals surface area contributed by atoms with Crippen LogP contribution in [-0.2, 0) is 22.6 Å². The van der Waals surface area contributed by atoms with Crippen LogP contribution in [0.15, 0.2) is 48.8 Å². The zero-order valence-electron chi connectivity index (χ0n) is 21.7. The smallest absolute Gasteiger partial charge is 0.257 e. The van der Waals surface area contributed by atoms with E-state index in [0.29, 0.717) is 59.1 Å². The Balaban J connectivity index is 1.67. The van der Waals surface area contributed by atoms with E-state index in [9.17, 15) is 15.0 Å². The third kappa shape index (κ3) is 4.72. The van der Waals surface area contributed by atoms with Gasteiger partial charge < -0.3 is 14.9 Å². The molecule has 2 aliphatic rings. The molecule has 2 N–H and O–H groups in total. The average molecular weight is 574 g/mol. The van der Waals surface area contributed by atoms with E-state index in [1.54, 1.807) is 30.3 Å². The minimum Gasteiger partial charge on any atom is -0.393 e. The molecule has 0 radical (unpaired) electrons. The highest BCUT2D eigenvalue weighted by molar-refractivity contribution is 6.30. The Morgan fingerprint density at radius 2 is 1.74 bits per heavy atom. The summed E-state index contributed by atoms with van der Waals surface area (Å²) in [6, 6.07) is 9.57. The minimum absolute atomic E-state index is 0.0487. The minimum atomic E-state index is -1.64. The van der Waals surface area contributed by atoms with Gasteiger partial charge in [-0.3, -0.25) is 9.69 Å². The number of carbonyl (C=O) groups excluding carboxylic acids is 1. The molecule has 206 valence electrons. The lowest BCUT2D eigenvalue weighted by molar-refractivity contribution is -0.0891. The summed E-state index contributed by atoms with van der Waals surface area (Å²) < 4.78 is 22.4. The van der Waals surface area contributed by atoms with Crippen LogP contribution in [-0.4, -0.2) is 44.2 Å². The first-order valence-electron chi connectivity index (χ1n) is 13.0. The molecular weight excluding hydrogens is 544 g/mol. The van der Waals surface area contributed by atoms with E-state index in [1.807, 2.05) is 6.92 Å². The van der Waals surface area contributed by atoms with E-state index in [-0.39, 0.29) is 23.6 Å². The number of ether oxygens (including phenoxy) is 1. The molecule has 1 aliphatic heterocycles. The Bertz CT molecular complexity index is 1370. The van der Waals surface area contributed by atoms with E-state index < -0.39 is 29.2 Å². The maximum atomic E-state index is 16.3. The van der Waals surface area contributed by atoms with Gasteiger partial charge in [0.1, 0.15) is 11.6 Å². The molecule has 3 aromatic rings. The van der Waals surface area contributed by atoms with Crippen LogP contribution in [0.4, 0.5) is 4.39 Å². The van der Waals surface area contributed by atoms with Crippen molar-refractivity contribution in [1.82, 2.24) is 14.9 Å². The summed E-state index contributed by atoms with van der Waals surface area (Å²) in [4.78, 5) is 23.9. The van der Waals surface area contributed by atoms with E-state index in [2.05, 4.69) is 9.97 Å². The number of rotatable bonds is 7. The molecule has 1 unspecified atom stereocenters. The molecule has 1 aliphatic carbocycles. The number of hydrogen-bond acceptors (Lipinski definition) is 6. The molecule has 0 saturated heterocycles. The van der Waals surface area contributed by atoms with Gasteiger partial charge in [-0.05, 0) is 67.9 Å². The van der Waals surface area contributed by atoms with Crippen molar-refractivity contribution in [3.63, 3.8) is 0 Å². The molecule has 1 amide bonds. The number of fused-ring (bicyclic) bond motifs is 1. The van der Waals surface area contributed by atoms with E-state index in [0.717, 1.165) is 0 Å². The van der Waals surface area contributed by atoms with Crippen LogP contribution in [0.5, 0.6) is 0 Å². The highest BCUT2D eigenvalue weighted by atomic mass is 35.5. The summed E-state index contributed by atoms with van der Waals surface area (Å²) >= 11 is 12.1. The summed E-state index contributed by atoms with van der Waals surface area (Å²) in [5.74, 6) is -1.04. The van der Waals surface area contributed by atoms with E-state index in [4.69, 9.17) is 27.9 Å². The van der Waals surface area contributed by atoms with Crippen molar-refractivity contribution < 1.29 is 24.1 Å². The zero-order valence-corrected chi connectivity index (χ0v) is 23.2. The predicted molar refractivity (Wildman–Crippen MR) is 145 cm³/mol. The number of aliphatic hydroxyl groups excluding tert-OH is 1. The second kappa shape index (κ2) is 10.7. The van der Waals surface area contributed by atoms with Crippen LogP contribution in [0.25, 0.3) is 0 Å². The van der Waals surface area contributed by atoms with Gasteiger partial charge in [0.25, 0.3) is 5.91 Å². The number of amides is 1. The Hall–Kier alpha value is -2.62. The highest BCUT2D eigenvalue weighted by Gasteiger charge is 2.54. The lowest BCUT2D eigenvalue weighted by Gasteiger charge is -2.40. The van der Waals surface area contributed by atoms with E-state index >= 15 is 4.39 Å². The van der Waals surface area contributed by atoms with E-state index in [1.165, 1.54) is 30.5 Å². The Kier molecular flexibility index (Phi) is 7.70. The second-order valence-electron chi connectivity index (χ2n) is 10.2. The molecule has 1 aromatic heterocycles. The van der Waals surface area contributed by atoms with Crippen LogP contribution in [0, 0.1) is 11.7 Å². The fourth-order valence-electron chi connectivity index (χ4n) is 6.13. The van der Waals surface area contributed by atoms with Gasteiger partial charge in [0.15, 0.2) is 5.72 Å². The highest BCUT2D eigenvalue weighted by Crippen LogP contribution is 2.49. The molecule has 0 spiro atoms. The number of carbonyl (C=O) groups is 1. The first-order chi connectivity index (χ1) is 18.6. The lowest BCUT2D eigenvalue weighted by atomic mass is 9.71. The summed E-state index contributed by atoms with van der Waals surface area (Å²) in [5, 5.41) is 22.7. The number of halogens is 3. The molecule has 2 aromatic carbocycles.